The number of hydrogen-bond acceptors (Lipinski definition) is 6. The summed E-state index contributed by atoms with van der Waals surface area (Å²) in [5.74, 6) is -0.747. The number of aliphatic hydroxyl groups is 2. The highest BCUT2D eigenvalue weighted by Gasteiger charge is 2.68. The van der Waals surface area contributed by atoms with Gasteiger partial charge in [0.2, 0.25) is 5.78 Å². The van der Waals surface area contributed by atoms with E-state index in [1.165, 1.54) is 0 Å². The van der Waals surface area contributed by atoms with Crippen molar-refractivity contribution in [3.8, 4) is 0 Å². The van der Waals surface area contributed by atoms with Crippen LogP contribution in [-0.4, -0.2) is 46.1 Å². The summed E-state index contributed by atoms with van der Waals surface area (Å²) in [6.07, 6.45) is 7.31. The summed E-state index contributed by atoms with van der Waals surface area (Å²) < 4.78 is 5.30. The lowest BCUT2D eigenvalue weighted by atomic mass is 9.46. The number of alkyl halides is 1. The van der Waals surface area contributed by atoms with Gasteiger partial charge in [-0.05, 0) is 73.8 Å². The fourth-order valence-corrected chi connectivity index (χ4v) is 8.03. The Morgan fingerprint density at radius 1 is 1.17 bits per heavy atom. The topological polar surface area (TPSA) is 101 Å². The van der Waals surface area contributed by atoms with Gasteiger partial charge in [0.15, 0.2) is 12.4 Å². The zero-order valence-corrected chi connectivity index (χ0v) is 21.5. The number of esters is 1. The van der Waals surface area contributed by atoms with Crippen molar-refractivity contribution in [3.63, 3.8) is 0 Å². The molecule has 0 radical (unpaired) electrons. The molecule has 0 bridgehead atoms. The third-order valence-corrected chi connectivity index (χ3v) is 10.1. The van der Waals surface area contributed by atoms with E-state index in [9.17, 15) is 24.6 Å². The number of benzene rings is 1. The van der Waals surface area contributed by atoms with Crippen LogP contribution in [0.1, 0.15) is 61.9 Å². The average molecular weight is 513 g/mol. The molecule has 0 aromatic heterocycles. The molecule has 0 amide bonds. The molecule has 1 aromatic rings. The molecule has 6 nitrogen and oxygen atoms in total. The third kappa shape index (κ3) is 3.72. The quantitative estimate of drug-likeness (QED) is 0.454. The Hall–Kier alpha value is -2.28. The molecule has 3 fully saturated rings. The van der Waals surface area contributed by atoms with Gasteiger partial charge >= 0.3 is 5.97 Å². The van der Waals surface area contributed by atoms with Crippen LogP contribution in [0.4, 0.5) is 0 Å². The maximum absolute atomic E-state index is 13.4. The number of halogens is 1. The number of hydrogen-bond donors (Lipinski definition) is 2. The standard InChI is InChI=1S/C29H33ClO6/c1-27-11-9-20(31)13-19(27)7-8-21-22-10-12-29(35,28(22,2)14-23(32)25(21)27)24(33)16-36-26(34)18-5-3-17(15-30)4-6-18/h3-6,9,11,13,21-23,25,32,35H,7-8,10,12,14-16H2,1-2H3. The summed E-state index contributed by atoms with van der Waals surface area (Å²) in [7, 11) is 0. The first kappa shape index (κ1) is 25.4. The van der Waals surface area contributed by atoms with Crippen LogP contribution in [0.2, 0.25) is 0 Å². The van der Waals surface area contributed by atoms with E-state index in [2.05, 4.69) is 6.92 Å². The largest absolute Gasteiger partial charge is 0.454 e. The number of carbonyl (C=O) groups excluding carboxylic acids is 3. The molecular weight excluding hydrogens is 480 g/mol. The Balaban J connectivity index is 1.34. The first-order chi connectivity index (χ1) is 17.0. The summed E-state index contributed by atoms with van der Waals surface area (Å²) in [6, 6.07) is 6.65. The van der Waals surface area contributed by atoms with Gasteiger partial charge in [-0.15, -0.1) is 11.6 Å². The van der Waals surface area contributed by atoms with Gasteiger partial charge < -0.3 is 14.9 Å². The molecule has 7 heteroatoms. The third-order valence-electron chi connectivity index (χ3n) is 9.79. The molecule has 2 N–H and O–H groups in total. The van der Waals surface area contributed by atoms with Crippen LogP contribution >= 0.6 is 11.6 Å². The van der Waals surface area contributed by atoms with Gasteiger partial charge in [0.1, 0.15) is 5.60 Å². The Bertz CT molecular complexity index is 1150. The second-order valence-corrected chi connectivity index (χ2v) is 11.7. The van der Waals surface area contributed by atoms with Crippen LogP contribution in [0.3, 0.4) is 0 Å². The number of Topliss-reactive ketones (excluding diaryl/α,β-unsaturated/α-hetero) is 1. The van der Waals surface area contributed by atoms with E-state index in [1.807, 2.05) is 13.0 Å². The molecule has 192 valence electrons. The summed E-state index contributed by atoms with van der Waals surface area (Å²) >= 11 is 5.79. The van der Waals surface area contributed by atoms with Crippen LogP contribution in [-0.2, 0) is 20.2 Å². The number of carbonyl (C=O) groups is 3. The van der Waals surface area contributed by atoms with Crippen molar-refractivity contribution < 1.29 is 29.3 Å². The fraction of sp³-hybridized carbons (Fsp3) is 0.552. The highest BCUT2D eigenvalue weighted by Crippen LogP contribution is 2.67. The van der Waals surface area contributed by atoms with Crippen LogP contribution < -0.4 is 0 Å². The summed E-state index contributed by atoms with van der Waals surface area (Å²) in [4.78, 5) is 37.9. The maximum Gasteiger partial charge on any atom is 0.338 e. The van der Waals surface area contributed by atoms with Crippen molar-refractivity contribution in [3.05, 3.63) is 59.2 Å². The number of ether oxygens (including phenoxy) is 1. The molecule has 3 saturated carbocycles. The highest BCUT2D eigenvalue weighted by molar-refractivity contribution is 6.17. The molecule has 4 aliphatic rings. The fourth-order valence-electron chi connectivity index (χ4n) is 7.85. The van der Waals surface area contributed by atoms with Crippen molar-refractivity contribution in [1.29, 1.82) is 0 Å². The minimum atomic E-state index is -1.68. The maximum atomic E-state index is 13.4. The zero-order valence-electron chi connectivity index (χ0n) is 20.7. The van der Waals surface area contributed by atoms with E-state index >= 15 is 0 Å². The number of rotatable bonds is 5. The van der Waals surface area contributed by atoms with Gasteiger partial charge in [0.25, 0.3) is 0 Å². The summed E-state index contributed by atoms with van der Waals surface area (Å²) in [6.45, 7) is 3.48. The van der Waals surface area contributed by atoms with Crippen LogP contribution in [0, 0.1) is 28.6 Å². The molecule has 7 atom stereocenters. The second-order valence-electron chi connectivity index (χ2n) is 11.4. The molecule has 1 aromatic carbocycles. The first-order valence-electron chi connectivity index (χ1n) is 12.7. The Morgan fingerprint density at radius 2 is 1.89 bits per heavy atom. The zero-order chi connectivity index (χ0) is 25.9. The minimum Gasteiger partial charge on any atom is -0.454 e. The van der Waals surface area contributed by atoms with Crippen LogP contribution in [0.5, 0.6) is 0 Å². The predicted octanol–water partition coefficient (Wildman–Crippen LogP) is 4.16. The van der Waals surface area contributed by atoms with E-state index in [0.29, 0.717) is 17.9 Å². The van der Waals surface area contributed by atoms with Crippen molar-refractivity contribution in [2.45, 2.75) is 63.5 Å². The van der Waals surface area contributed by atoms with Crippen LogP contribution in [0.25, 0.3) is 0 Å². The molecular formula is C29H33ClO6. The molecule has 0 saturated heterocycles. The summed E-state index contributed by atoms with van der Waals surface area (Å²) in [5.41, 5.74) is -0.668. The average Bonchev–Trinajstić information content (AvgIpc) is 3.13. The van der Waals surface area contributed by atoms with Gasteiger partial charge in [0, 0.05) is 22.6 Å². The van der Waals surface area contributed by atoms with Crippen molar-refractivity contribution in [1.82, 2.24) is 0 Å². The molecule has 7 unspecified atom stereocenters. The second kappa shape index (κ2) is 8.93. The molecule has 0 spiro atoms. The lowest BCUT2D eigenvalue weighted by Crippen LogP contribution is -2.61. The minimum absolute atomic E-state index is 0.0126. The van der Waals surface area contributed by atoms with E-state index in [4.69, 9.17) is 16.3 Å². The first-order valence-corrected chi connectivity index (χ1v) is 13.3. The Kier molecular flexibility index (Phi) is 6.29. The van der Waals surface area contributed by atoms with Crippen molar-refractivity contribution in [2.24, 2.45) is 28.6 Å². The number of allylic oxidation sites excluding steroid dienone is 4. The van der Waals surface area contributed by atoms with Gasteiger partial charge in [0.05, 0.1) is 11.7 Å². The monoisotopic (exact) mass is 512 g/mol. The van der Waals surface area contributed by atoms with Gasteiger partial charge in [-0.3, -0.25) is 9.59 Å². The molecule has 0 heterocycles. The lowest BCUT2D eigenvalue weighted by Gasteiger charge is -2.59. The van der Waals surface area contributed by atoms with Crippen molar-refractivity contribution >= 4 is 29.1 Å². The van der Waals surface area contributed by atoms with E-state index in [1.54, 1.807) is 36.4 Å². The predicted molar refractivity (Wildman–Crippen MR) is 134 cm³/mol. The molecule has 5 rings (SSSR count). The smallest absolute Gasteiger partial charge is 0.338 e. The normalized spacial score (nSPS) is 39.0. The number of aliphatic hydroxyl groups excluding tert-OH is 1. The Morgan fingerprint density at radius 3 is 2.58 bits per heavy atom. The highest BCUT2D eigenvalue weighted by atomic mass is 35.5. The van der Waals surface area contributed by atoms with Gasteiger partial charge in [-0.25, -0.2) is 4.79 Å². The molecule has 0 aliphatic heterocycles. The lowest BCUT2D eigenvalue weighted by molar-refractivity contribution is -0.178. The Labute approximate surface area is 216 Å². The van der Waals surface area contributed by atoms with Crippen molar-refractivity contribution in [2.75, 3.05) is 6.61 Å². The molecule has 4 aliphatic carbocycles. The number of fused-ring (bicyclic) bond motifs is 5. The van der Waals surface area contributed by atoms with Gasteiger partial charge in [-0.2, -0.15) is 0 Å². The summed E-state index contributed by atoms with van der Waals surface area (Å²) in [5, 5.41) is 23.2. The number of ketones is 2. The molecule has 36 heavy (non-hydrogen) atoms. The van der Waals surface area contributed by atoms with E-state index < -0.39 is 40.9 Å². The SMILES string of the molecule is CC12C=CC(=O)C=C1CCC1C2C(O)CC2(C)C1CCC2(O)C(=O)COC(=O)c1ccc(CCl)cc1. The van der Waals surface area contributed by atoms with Crippen LogP contribution in [0.15, 0.2) is 48.1 Å². The van der Waals surface area contributed by atoms with E-state index in [-0.39, 0.29) is 36.4 Å². The van der Waals surface area contributed by atoms with E-state index in [0.717, 1.165) is 24.0 Å². The van der Waals surface area contributed by atoms with Gasteiger partial charge in [-0.1, -0.05) is 37.6 Å².